The van der Waals surface area contributed by atoms with E-state index in [-0.39, 0.29) is 22.7 Å². The highest BCUT2D eigenvalue weighted by Crippen LogP contribution is 2.39. The Labute approximate surface area is 349 Å². The molecule has 2 aromatic carbocycles. The first-order chi connectivity index (χ1) is 29.4. The molecule has 3 aromatic rings. The minimum Gasteiger partial charge on any atom is -0.508 e. The van der Waals surface area contributed by atoms with E-state index in [0.29, 0.717) is 0 Å². The standard InChI is InChI=1S/C38H48O24/c1-11-21(44)32(60-37-29(52)26(49)23(46)18(8-39)58-37)30(53)36(56-11)55-10-19-24(47)27(50)34(62-35-28(51)22(45)16(43)9-54-35)38(59-19)61-33-25(48)20-15(42)6-14(41)7-17(20)57-31(33)12-2-4-13(40)5-3-12/h2-7,11,16,18-19,21-24,26-30,32,34-47,49-53H,8-10H2,1H3/t11-,16+,18+,19+,21-,22-,23+,24+,26-,27-,28+,29+,30+,32+,34+,35-,36+,37-,38-/m0/s1. The van der Waals surface area contributed by atoms with Gasteiger partial charge in [-0.15, -0.1) is 0 Å². The summed E-state index contributed by atoms with van der Waals surface area (Å²) in [4.78, 5) is 14.2. The molecule has 0 unspecified atom stereocenters. The van der Waals surface area contributed by atoms with E-state index in [1.54, 1.807) is 0 Å². The van der Waals surface area contributed by atoms with Crippen molar-refractivity contribution in [2.45, 2.75) is 124 Å². The summed E-state index contributed by atoms with van der Waals surface area (Å²) in [7, 11) is 0. The van der Waals surface area contributed by atoms with Crippen molar-refractivity contribution < 1.29 is 114 Å². The molecule has 1 aromatic heterocycles. The number of benzene rings is 2. The fourth-order valence-corrected chi connectivity index (χ4v) is 7.45. The number of hydrogen-bond acceptors (Lipinski definition) is 24. The Kier molecular flexibility index (Phi) is 13.9. The normalized spacial score (nSPS) is 40.4. The van der Waals surface area contributed by atoms with Crippen molar-refractivity contribution >= 4 is 11.0 Å². The number of phenols is 3. The van der Waals surface area contributed by atoms with Crippen LogP contribution in [0.15, 0.2) is 45.6 Å². The lowest BCUT2D eigenvalue weighted by molar-refractivity contribution is -0.366. The average Bonchev–Trinajstić information content (AvgIpc) is 3.23. The van der Waals surface area contributed by atoms with Gasteiger partial charge >= 0.3 is 0 Å². The van der Waals surface area contributed by atoms with Crippen molar-refractivity contribution in [2.24, 2.45) is 0 Å². The van der Waals surface area contributed by atoms with E-state index in [9.17, 15) is 76.3 Å². The maximum atomic E-state index is 14.2. The van der Waals surface area contributed by atoms with Crippen molar-refractivity contribution in [1.82, 2.24) is 0 Å². The number of aliphatic hydroxyl groups excluding tert-OH is 11. The average molecular weight is 889 g/mol. The van der Waals surface area contributed by atoms with Gasteiger partial charge in [-0.05, 0) is 31.2 Å². The maximum Gasteiger partial charge on any atom is 0.239 e. The first-order valence-corrected chi connectivity index (χ1v) is 19.3. The van der Waals surface area contributed by atoms with Crippen LogP contribution in [-0.2, 0) is 33.2 Å². The van der Waals surface area contributed by atoms with E-state index in [1.807, 2.05) is 0 Å². The third kappa shape index (κ3) is 8.94. The van der Waals surface area contributed by atoms with Crippen molar-refractivity contribution in [3.05, 3.63) is 46.6 Å². The second-order valence-corrected chi connectivity index (χ2v) is 15.3. The van der Waals surface area contributed by atoms with Gasteiger partial charge < -0.3 is 114 Å². The summed E-state index contributed by atoms with van der Waals surface area (Å²) >= 11 is 0. The molecule has 0 saturated carbocycles. The predicted octanol–water partition coefficient (Wildman–Crippen LogP) is -5.11. The Morgan fingerprint density at radius 3 is 1.98 bits per heavy atom. The van der Waals surface area contributed by atoms with Gasteiger partial charge in [0.25, 0.3) is 0 Å². The SMILES string of the molecule is C[C@@H]1O[C@@H](OC[C@H]2O[C@@H](Oc3c(-c4ccc(O)cc4)oc4cc(O)cc(O)c4c3=O)[C@H](O[C@@H]3OC[C@@H](O)[C@H](O)[C@H]3O)[C@@H](O)[C@@H]2O)[C@H](O)[C@H](O[C@@H]2O[C@H](CO)[C@@H](O)[C@H](O)[C@H]2O)[C@H]1O. The Hall–Kier alpha value is -3.87. The summed E-state index contributed by atoms with van der Waals surface area (Å²) in [6.07, 6.45) is -33.6. The van der Waals surface area contributed by atoms with Crippen molar-refractivity contribution in [1.29, 1.82) is 0 Å². The summed E-state index contributed by atoms with van der Waals surface area (Å²) in [5.74, 6) is -2.48. The molecule has 4 aliphatic heterocycles. The third-order valence-electron chi connectivity index (χ3n) is 11.0. The Morgan fingerprint density at radius 2 is 1.29 bits per heavy atom. The number of rotatable bonds is 11. The molecule has 24 heteroatoms. The van der Waals surface area contributed by atoms with E-state index in [4.69, 9.17) is 42.3 Å². The largest absolute Gasteiger partial charge is 0.508 e. The summed E-state index contributed by atoms with van der Waals surface area (Å²) in [5, 5.41) is 147. The second-order valence-electron chi connectivity index (χ2n) is 15.3. The van der Waals surface area contributed by atoms with E-state index in [0.717, 1.165) is 12.1 Å². The number of aromatic hydroxyl groups is 3. The van der Waals surface area contributed by atoms with Gasteiger partial charge in [-0.1, -0.05) is 0 Å². The zero-order chi connectivity index (χ0) is 44.9. The van der Waals surface area contributed by atoms with Gasteiger partial charge in [0, 0.05) is 17.7 Å². The fraction of sp³-hybridized carbons (Fsp3) is 0.605. The van der Waals surface area contributed by atoms with Crippen LogP contribution in [0.1, 0.15) is 6.92 Å². The maximum absolute atomic E-state index is 14.2. The van der Waals surface area contributed by atoms with Crippen LogP contribution in [0.5, 0.6) is 23.0 Å². The smallest absolute Gasteiger partial charge is 0.239 e. The van der Waals surface area contributed by atoms with Gasteiger partial charge in [0.1, 0.15) is 108 Å². The highest BCUT2D eigenvalue weighted by atomic mass is 16.8. The zero-order valence-electron chi connectivity index (χ0n) is 32.4. The van der Waals surface area contributed by atoms with E-state index in [2.05, 4.69) is 0 Å². The molecule has 5 heterocycles. The number of phenolic OH excluding ortho intramolecular Hbond substituents is 3. The van der Waals surface area contributed by atoms with Gasteiger partial charge in [-0.2, -0.15) is 0 Å². The van der Waals surface area contributed by atoms with Crippen LogP contribution in [0.2, 0.25) is 0 Å². The van der Waals surface area contributed by atoms with E-state index in [1.165, 1.54) is 31.2 Å². The van der Waals surface area contributed by atoms with E-state index < -0.39 is 165 Å². The van der Waals surface area contributed by atoms with Gasteiger partial charge in [0.2, 0.25) is 17.5 Å². The van der Waals surface area contributed by atoms with Crippen molar-refractivity contribution in [3.63, 3.8) is 0 Å². The topological polar surface area (TPSA) is 387 Å². The lowest BCUT2D eigenvalue weighted by Gasteiger charge is -2.46. The van der Waals surface area contributed by atoms with Gasteiger partial charge in [0.05, 0.1) is 25.9 Å². The zero-order valence-corrected chi connectivity index (χ0v) is 32.4. The number of hydrogen-bond donors (Lipinski definition) is 14. The van der Waals surface area contributed by atoms with Crippen LogP contribution in [0, 0.1) is 0 Å². The summed E-state index contributed by atoms with van der Waals surface area (Å²) in [5.41, 5.74) is -1.28. The molecule has 7 rings (SSSR count). The minimum absolute atomic E-state index is 0.0942. The van der Waals surface area contributed by atoms with Crippen LogP contribution >= 0.6 is 0 Å². The van der Waals surface area contributed by atoms with Crippen molar-refractivity contribution in [3.8, 4) is 34.3 Å². The Morgan fingerprint density at radius 1 is 0.645 bits per heavy atom. The molecule has 4 aliphatic rings. The van der Waals surface area contributed by atoms with Crippen LogP contribution < -0.4 is 10.2 Å². The van der Waals surface area contributed by atoms with Gasteiger partial charge in [-0.3, -0.25) is 4.79 Å². The first-order valence-electron chi connectivity index (χ1n) is 19.3. The summed E-state index contributed by atoms with van der Waals surface area (Å²) < 4.78 is 51.5. The monoisotopic (exact) mass is 888 g/mol. The van der Waals surface area contributed by atoms with E-state index >= 15 is 0 Å². The number of aliphatic hydroxyl groups is 11. The second kappa shape index (κ2) is 18.7. The molecule has 0 aliphatic carbocycles. The third-order valence-corrected chi connectivity index (χ3v) is 11.0. The summed E-state index contributed by atoms with van der Waals surface area (Å²) in [6, 6.07) is 7.00. The predicted molar refractivity (Wildman–Crippen MR) is 198 cm³/mol. The molecule has 62 heavy (non-hydrogen) atoms. The number of ether oxygens (including phenoxy) is 8. The van der Waals surface area contributed by atoms with Crippen LogP contribution in [0.25, 0.3) is 22.3 Å². The van der Waals surface area contributed by atoms with Crippen LogP contribution in [0.4, 0.5) is 0 Å². The fourth-order valence-electron chi connectivity index (χ4n) is 7.45. The quantitative estimate of drug-likeness (QED) is 0.0856. The lowest BCUT2D eigenvalue weighted by atomic mass is 9.97. The highest BCUT2D eigenvalue weighted by Gasteiger charge is 2.53. The number of fused-ring (bicyclic) bond motifs is 1. The van der Waals surface area contributed by atoms with Gasteiger partial charge in [-0.25, -0.2) is 0 Å². The molecule has 0 bridgehead atoms. The molecule has 0 amide bonds. The Bertz CT molecular complexity index is 2050. The summed E-state index contributed by atoms with van der Waals surface area (Å²) in [6.45, 7) is -0.781. The molecule has 24 nitrogen and oxygen atoms in total. The molecule has 0 radical (unpaired) electrons. The van der Waals surface area contributed by atoms with Crippen LogP contribution in [-0.4, -0.2) is 208 Å². The molecule has 4 fully saturated rings. The molecule has 19 atom stereocenters. The van der Waals surface area contributed by atoms with Gasteiger partial charge in [0.15, 0.2) is 30.7 Å². The molecule has 14 N–H and O–H groups in total. The van der Waals surface area contributed by atoms with Crippen molar-refractivity contribution in [2.75, 3.05) is 19.8 Å². The minimum atomic E-state index is -2.09. The molecule has 4 saturated heterocycles. The molecule has 0 spiro atoms. The molecule has 344 valence electrons. The lowest BCUT2D eigenvalue weighted by Crippen LogP contribution is -2.65. The molecular formula is C38H48O24. The molecular weight excluding hydrogens is 840 g/mol. The van der Waals surface area contributed by atoms with Crippen LogP contribution in [0.3, 0.4) is 0 Å². The Balaban J connectivity index is 1.18. The highest BCUT2D eigenvalue weighted by molar-refractivity contribution is 5.88. The first kappa shape index (κ1) is 46.1.